The van der Waals surface area contributed by atoms with Crippen molar-refractivity contribution in [1.82, 2.24) is 25.9 Å². The van der Waals surface area contributed by atoms with E-state index in [9.17, 15) is 33.9 Å². The van der Waals surface area contributed by atoms with Crippen LogP contribution in [0.2, 0.25) is 0 Å². The van der Waals surface area contributed by atoms with Crippen LogP contribution < -0.4 is 33.2 Å². The van der Waals surface area contributed by atoms with Gasteiger partial charge in [-0.05, 0) is 6.42 Å². The number of aromatic amines is 1. The fourth-order valence-electron chi connectivity index (χ4n) is 2.58. The SMILES string of the molecule is NCC(=O)NC(CC(N)=O)C(=O)NC(CCC(N)=O)C(=O)NC(Cc1cnc[nH]1)C(=O)O. The number of amides is 5. The number of primary amides is 2. The number of aliphatic carboxylic acids is 1. The average Bonchev–Trinajstić information content (AvgIpc) is 3.22. The van der Waals surface area contributed by atoms with Crippen LogP contribution in [-0.4, -0.2) is 75.2 Å². The molecule has 0 bridgehead atoms. The third-order valence-electron chi connectivity index (χ3n) is 4.15. The number of imidazole rings is 1. The monoisotopic (exact) mass is 454 g/mol. The lowest BCUT2D eigenvalue weighted by Gasteiger charge is -2.23. The van der Waals surface area contributed by atoms with Gasteiger partial charge >= 0.3 is 5.97 Å². The van der Waals surface area contributed by atoms with E-state index in [0.29, 0.717) is 5.69 Å². The van der Waals surface area contributed by atoms with Gasteiger partial charge in [0, 0.05) is 24.7 Å². The second-order valence-corrected chi connectivity index (χ2v) is 6.74. The topological polar surface area (TPSA) is 265 Å². The Bertz CT molecular complexity index is 842. The maximum atomic E-state index is 12.7. The largest absolute Gasteiger partial charge is 0.480 e. The Morgan fingerprint density at radius 3 is 2.09 bits per heavy atom. The Hall–Kier alpha value is -4.01. The minimum absolute atomic E-state index is 0.131. The van der Waals surface area contributed by atoms with Crippen molar-refractivity contribution in [2.24, 2.45) is 17.2 Å². The number of nitrogens with two attached hydrogens (primary N) is 3. The molecule has 5 amide bonds. The van der Waals surface area contributed by atoms with E-state index in [-0.39, 0.29) is 19.3 Å². The Morgan fingerprint density at radius 2 is 1.59 bits per heavy atom. The molecule has 0 saturated heterocycles. The van der Waals surface area contributed by atoms with E-state index >= 15 is 0 Å². The molecule has 0 aromatic carbocycles. The van der Waals surface area contributed by atoms with E-state index in [1.165, 1.54) is 12.5 Å². The summed E-state index contributed by atoms with van der Waals surface area (Å²) in [5.41, 5.74) is 15.8. The standard InChI is InChI=1S/C17H26N8O7/c18-5-14(28)23-10(4-13(20)27)16(30)24-9(1-2-12(19)26)15(29)25-11(17(31)32)3-8-6-21-7-22-8/h6-7,9-11H,1-5,18H2,(H2,19,26)(H2,20,27)(H,21,22)(H,23,28)(H,24,30)(H,25,29)(H,31,32). The van der Waals surface area contributed by atoms with Gasteiger partial charge in [0.05, 0.1) is 19.3 Å². The lowest BCUT2D eigenvalue weighted by atomic mass is 10.1. The molecule has 15 nitrogen and oxygen atoms in total. The van der Waals surface area contributed by atoms with E-state index in [2.05, 4.69) is 25.9 Å². The molecule has 0 aliphatic heterocycles. The van der Waals surface area contributed by atoms with E-state index in [0.717, 1.165) is 0 Å². The van der Waals surface area contributed by atoms with E-state index in [4.69, 9.17) is 17.2 Å². The van der Waals surface area contributed by atoms with Gasteiger partial charge in [-0.15, -0.1) is 0 Å². The van der Waals surface area contributed by atoms with Crippen LogP contribution in [0, 0.1) is 0 Å². The second kappa shape index (κ2) is 12.6. The number of nitrogens with one attached hydrogen (secondary N) is 4. The van der Waals surface area contributed by atoms with Gasteiger partial charge in [0.25, 0.3) is 0 Å². The molecule has 11 N–H and O–H groups in total. The molecule has 32 heavy (non-hydrogen) atoms. The van der Waals surface area contributed by atoms with Gasteiger partial charge in [0.15, 0.2) is 0 Å². The number of hydrogen-bond acceptors (Lipinski definition) is 8. The van der Waals surface area contributed by atoms with Crippen molar-refractivity contribution in [1.29, 1.82) is 0 Å². The molecule has 1 aromatic heterocycles. The van der Waals surface area contributed by atoms with Crippen LogP contribution in [0.5, 0.6) is 0 Å². The smallest absolute Gasteiger partial charge is 0.326 e. The van der Waals surface area contributed by atoms with E-state index in [1.54, 1.807) is 0 Å². The van der Waals surface area contributed by atoms with Gasteiger partial charge in [-0.3, -0.25) is 24.0 Å². The summed E-state index contributed by atoms with van der Waals surface area (Å²) in [6.45, 7) is -0.470. The first kappa shape index (κ1) is 26.0. The number of carboxylic acid groups (broad SMARTS) is 1. The van der Waals surface area contributed by atoms with E-state index < -0.39 is 66.6 Å². The van der Waals surface area contributed by atoms with Gasteiger partial charge in [-0.2, -0.15) is 0 Å². The van der Waals surface area contributed by atoms with Crippen molar-refractivity contribution < 1.29 is 33.9 Å². The van der Waals surface area contributed by atoms with Crippen molar-refractivity contribution in [2.45, 2.75) is 43.8 Å². The highest BCUT2D eigenvalue weighted by Gasteiger charge is 2.30. The lowest BCUT2D eigenvalue weighted by molar-refractivity contribution is -0.142. The fraction of sp³-hybridized carbons (Fsp3) is 0.471. The number of carboxylic acids is 1. The van der Waals surface area contributed by atoms with Crippen LogP contribution in [0.3, 0.4) is 0 Å². The number of hydrogen-bond donors (Lipinski definition) is 8. The second-order valence-electron chi connectivity index (χ2n) is 6.74. The molecule has 15 heteroatoms. The van der Waals surface area contributed by atoms with Gasteiger partial charge in [-0.1, -0.05) is 0 Å². The molecular formula is C17H26N8O7. The molecule has 1 heterocycles. The highest BCUT2D eigenvalue weighted by atomic mass is 16.4. The average molecular weight is 454 g/mol. The Morgan fingerprint density at radius 1 is 0.969 bits per heavy atom. The van der Waals surface area contributed by atoms with Crippen LogP contribution in [0.15, 0.2) is 12.5 Å². The molecule has 0 radical (unpaired) electrons. The molecule has 1 rings (SSSR count). The van der Waals surface area contributed by atoms with Crippen molar-refractivity contribution in [2.75, 3.05) is 6.54 Å². The summed E-state index contributed by atoms with van der Waals surface area (Å²) in [6, 6.07) is -4.22. The van der Waals surface area contributed by atoms with Gasteiger partial charge in [0.2, 0.25) is 29.5 Å². The molecule has 176 valence electrons. The minimum atomic E-state index is -1.44. The number of carbonyl (C=O) groups is 6. The molecule has 0 saturated carbocycles. The Balaban J connectivity index is 2.97. The minimum Gasteiger partial charge on any atom is -0.480 e. The van der Waals surface area contributed by atoms with Crippen LogP contribution in [0.25, 0.3) is 0 Å². The van der Waals surface area contributed by atoms with Crippen LogP contribution in [0.4, 0.5) is 0 Å². The molecule has 0 aliphatic carbocycles. The van der Waals surface area contributed by atoms with Crippen molar-refractivity contribution in [3.05, 3.63) is 18.2 Å². The molecule has 0 fully saturated rings. The van der Waals surface area contributed by atoms with Gasteiger partial charge < -0.3 is 43.2 Å². The molecule has 3 unspecified atom stereocenters. The predicted molar refractivity (Wildman–Crippen MR) is 107 cm³/mol. The quantitative estimate of drug-likeness (QED) is 0.135. The fourth-order valence-corrected chi connectivity index (χ4v) is 2.58. The summed E-state index contributed by atoms with van der Waals surface area (Å²) in [7, 11) is 0. The predicted octanol–water partition coefficient (Wildman–Crippen LogP) is -4.41. The number of carbonyl (C=O) groups excluding carboxylic acids is 5. The molecule has 3 atom stereocenters. The zero-order valence-corrected chi connectivity index (χ0v) is 17.0. The van der Waals surface area contributed by atoms with Gasteiger partial charge in [-0.25, -0.2) is 9.78 Å². The maximum absolute atomic E-state index is 12.7. The summed E-state index contributed by atoms with van der Waals surface area (Å²) in [5, 5.41) is 16.1. The maximum Gasteiger partial charge on any atom is 0.326 e. The first-order valence-corrected chi connectivity index (χ1v) is 9.40. The number of H-pyrrole nitrogens is 1. The van der Waals surface area contributed by atoms with Crippen molar-refractivity contribution in [3.63, 3.8) is 0 Å². The molecule has 0 spiro atoms. The summed E-state index contributed by atoms with van der Waals surface area (Å²) in [6.07, 6.45) is 1.42. The summed E-state index contributed by atoms with van der Waals surface area (Å²) < 4.78 is 0. The lowest BCUT2D eigenvalue weighted by Crippen LogP contribution is -2.57. The third-order valence-corrected chi connectivity index (χ3v) is 4.15. The first-order chi connectivity index (χ1) is 15.0. The number of aromatic nitrogens is 2. The summed E-state index contributed by atoms with van der Waals surface area (Å²) in [5.74, 6) is -5.67. The van der Waals surface area contributed by atoms with Crippen molar-refractivity contribution >= 4 is 35.5 Å². The molecule has 0 aliphatic rings. The molecular weight excluding hydrogens is 428 g/mol. The van der Waals surface area contributed by atoms with Gasteiger partial charge in [0.1, 0.15) is 18.1 Å². The Kier molecular flexibility index (Phi) is 10.3. The highest BCUT2D eigenvalue weighted by molar-refractivity contribution is 5.95. The van der Waals surface area contributed by atoms with Crippen molar-refractivity contribution in [3.8, 4) is 0 Å². The van der Waals surface area contributed by atoms with Crippen LogP contribution >= 0.6 is 0 Å². The summed E-state index contributed by atoms with van der Waals surface area (Å²) >= 11 is 0. The summed E-state index contributed by atoms with van der Waals surface area (Å²) in [4.78, 5) is 77.2. The number of nitrogens with zero attached hydrogens (tertiary/aromatic N) is 1. The Labute approximate surface area is 181 Å². The number of rotatable bonds is 14. The third kappa shape index (κ3) is 9.21. The zero-order chi connectivity index (χ0) is 24.3. The highest BCUT2D eigenvalue weighted by Crippen LogP contribution is 2.04. The van der Waals surface area contributed by atoms with Crippen LogP contribution in [0.1, 0.15) is 25.0 Å². The molecule has 1 aromatic rings. The normalized spacial score (nSPS) is 13.3. The zero-order valence-electron chi connectivity index (χ0n) is 17.0. The van der Waals surface area contributed by atoms with Crippen LogP contribution in [-0.2, 0) is 35.2 Å². The van der Waals surface area contributed by atoms with E-state index in [1.807, 2.05) is 0 Å². The first-order valence-electron chi connectivity index (χ1n) is 9.40.